The molecular weight excluding hydrogens is 230 g/mol. The van der Waals surface area contributed by atoms with Gasteiger partial charge in [-0.1, -0.05) is 0 Å². The topological polar surface area (TPSA) is 50.2 Å². The molecule has 5 heteroatoms. The van der Waals surface area contributed by atoms with Gasteiger partial charge in [0.25, 0.3) is 0 Å². The van der Waals surface area contributed by atoms with Crippen molar-refractivity contribution in [1.82, 2.24) is 4.98 Å². The Bertz CT molecular complexity index is 261. The number of carboxylic acids is 1. The molecule has 3 nitrogen and oxygen atoms in total. The number of carboxylic acid groups (broad SMARTS) is 1. The Kier molecular flexibility index (Phi) is 3.02. The zero-order chi connectivity index (χ0) is 8.27. The highest BCUT2D eigenvalue weighted by atomic mass is 79.9. The average Bonchev–Trinajstić information content (AvgIpc) is 2.31. The van der Waals surface area contributed by atoms with E-state index in [1.165, 1.54) is 11.3 Å². The van der Waals surface area contributed by atoms with Crippen LogP contribution < -0.4 is 0 Å². The molecule has 0 aromatic carbocycles. The van der Waals surface area contributed by atoms with Gasteiger partial charge in [0, 0.05) is 11.8 Å². The first-order valence-corrected chi connectivity index (χ1v) is 4.67. The van der Waals surface area contributed by atoms with E-state index in [0.29, 0.717) is 6.42 Å². The largest absolute Gasteiger partial charge is 0.481 e. The molecule has 1 aromatic rings. The minimum absolute atomic E-state index is 0.149. The first-order valence-electron chi connectivity index (χ1n) is 3.00. The average molecular weight is 236 g/mol. The van der Waals surface area contributed by atoms with Crippen LogP contribution in [0.2, 0.25) is 0 Å². The fourth-order valence-electron chi connectivity index (χ4n) is 0.632. The first kappa shape index (κ1) is 8.67. The first-order chi connectivity index (χ1) is 5.18. The second-order valence-corrected chi connectivity index (χ2v) is 4.12. The molecular formula is C6H6BrNO2S. The van der Waals surface area contributed by atoms with E-state index < -0.39 is 5.97 Å². The van der Waals surface area contributed by atoms with E-state index in [1.54, 1.807) is 0 Å². The molecule has 0 aliphatic heterocycles. The molecule has 60 valence electrons. The quantitative estimate of drug-likeness (QED) is 0.872. The summed E-state index contributed by atoms with van der Waals surface area (Å²) in [7, 11) is 0. The Hall–Kier alpha value is -0.420. The van der Waals surface area contributed by atoms with Gasteiger partial charge < -0.3 is 5.11 Å². The Balaban J connectivity index is 2.45. The van der Waals surface area contributed by atoms with E-state index in [2.05, 4.69) is 20.9 Å². The van der Waals surface area contributed by atoms with Gasteiger partial charge >= 0.3 is 5.97 Å². The van der Waals surface area contributed by atoms with Gasteiger partial charge in [0.1, 0.15) is 0 Å². The molecule has 0 bridgehead atoms. The number of hydrogen-bond acceptors (Lipinski definition) is 3. The lowest BCUT2D eigenvalue weighted by Crippen LogP contribution is -1.97. The van der Waals surface area contributed by atoms with Crippen molar-refractivity contribution in [3.63, 3.8) is 0 Å². The Morgan fingerprint density at radius 3 is 3.00 bits per heavy atom. The van der Waals surface area contributed by atoms with E-state index in [9.17, 15) is 4.79 Å². The Morgan fingerprint density at radius 2 is 2.55 bits per heavy atom. The molecule has 0 atom stereocenters. The molecule has 0 saturated carbocycles. The smallest absolute Gasteiger partial charge is 0.303 e. The lowest BCUT2D eigenvalue weighted by atomic mass is 10.3. The highest BCUT2D eigenvalue weighted by Gasteiger charge is 2.01. The summed E-state index contributed by atoms with van der Waals surface area (Å²) in [4.78, 5) is 14.2. The monoisotopic (exact) mass is 235 g/mol. The molecule has 1 heterocycles. The molecule has 0 spiro atoms. The fraction of sp³-hybridized carbons (Fsp3) is 0.333. The molecule has 0 unspecified atom stereocenters. The second-order valence-electron chi connectivity index (χ2n) is 1.99. The Morgan fingerprint density at radius 1 is 1.82 bits per heavy atom. The van der Waals surface area contributed by atoms with Crippen LogP contribution in [0.25, 0.3) is 0 Å². The van der Waals surface area contributed by atoms with Gasteiger partial charge in [-0.15, -0.1) is 11.3 Å². The maximum atomic E-state index is 10.1. The summed E-state index contributed by atoms with van der Waals surface area (Å²) in [5.74, 6) is -0.783. The van der Waals surface area contributed by atoms with Gasteiger partial charge in [0.2, 0.25) is 0 Å². The predicted molar refractivity (Wildman–Crippen MR) is 45.8 cm³/mol. The van der Waals surface area contributed by atoms with Crippen molar-refractivity contribution in [2.45, 2.75) is 12.8 Å². The minimum atomic E-state index is -0.783. The van der Waals surface area contributed by atoms with Gasteiger partial charge in [-0.3, -0.25) is 4.79 Å². The number of hydrogen-bond donors (Lipinski definition) is 1. The van der Waals surface area contributed by atoms with Gasteiger partial charge in [-0.25, -0.2) is 4.98 Å². The van der Waals surface area contributed by atoms with Crippen molar-refractivity contribution in [3.05, 3.63) is 15.0 Å². The van der Waals surface area contributed by atoms with Crippen LogP contribution in [0.3, 0.4) is 0 Å². The van der Waals surface area contributed by atoms with Crippen LogP contribution >= 0.6 is 27.3 Å². The summed E-state index contributed by atoms with van der Waals surface area (Å²) in [5.41, 5.74) is 0.837. The van der Waals surface area contributed by atoms with E-state index in [-0.39, 0.29) is 6.42 Å². The van der Waals surface area contributed by atoms with Crippen LogP contribution in [0.5, 0.6) is 0 Å². The van der Waals surface area contributed by atoms with E-state index in [4.69, 9.17) is 5.11 Å². The molecule has 1 rings (SSSR count). The molecule has 0 aliphatic rings. The summed E-state index contributed by atoms with van der Waals surface area (Å²) in [6, 6.07) is 0. The number of thiazole rings is 1. The predicted octanol–water partition coefficient (Wildman–Crippen LogP) is 1.92. The van der Waals surface area contributed by atoms with Crippen LogP contribution in [0.15, 0.2) is 9.30 Å². The van der Waals surface area contributed by atoms with Crippen molar-refractivity contribution in [2.75, 3.05) is 0 Å². The van der Waals surface area contributed by atoms with Crippen molar-refractivity contribution in [2.24, 2.45) is 0 Å². The van der Waals surface area contributed by atoms with Gasteiger partial charge in [0.05, 0.1) is 12.1 Å². The summed E-state index contributed by atoms with van der Waals surface area (Å²) in [6.07, 6.45) is 0.660. The summed E-state index contributed by atoms with van der Waals surface area (Å²) in [6.45, 7) is 0. The standard InChI is InChI=1S/C6H6BrNO2S/c7-6-8-4(3-11-6)1-2-5(9)10/h3H,1-2H2,(H,9,10). The van der Waals surface area contributed by atoms with Crippen molar-refractivity contribution >= 4 is 33.2 Å². The van der Waals surface area contributed by atoms with Gasteiger partial charge in [-0.2, -0.15) is 0 Å². The van der Waals surface area contributed by atoms with E-state index in [1.807, 2.05) is 5.38 Å². The van der Waals surface area contributed by atoms with Crippen LogP contribution in [-0.4, -0.2) is 16.1 Å². The summed E-state index contributed by atoms with van der Waals surface area (Å²) in [5, 5.41) is 10.2. The molecule has 1 aromatic heterocycles. The third kappa shape index (κ3) is 2.98. The SMILES string of the molecule is O=C(O)CCc1csc(Br)n1. The third-order valence-electron chi connectivity index (χ3n) is 1.12. The highest BCUT2D eigenvalue weighted by Crippen LogP contribution is 2.16. The van der Waals surface area contributed by atoms with Crippen LogP contribution in [0, 0.1) is 0 Å². The Labute approximate surface area is 76.2 Å². The molecule has 0 amide bonds. The van der Waals surface area contributed by atoms with Crippen LogP contribution in [0.4, 0.5) is 0 Å². The van der Waals surface area contributed by atoms with Crippen molar-refractivity contribution in [3.8, 4) is 0 Å². The number of halogens is 1. The molecule has 1 N–H and O–H groups in total. The normalized spacial score (nSPS) is 9.91. The zero-order valence-electron chi connectivity index (χ0n) is 5.58. The van der Waals surface area contributed by atoms with E-state index in [0.717, 1.165) is 9.61 Å². The summed E-state index contributed by atoms with van der Waals surface area (Å²) < 4.78 is 0.804. The van der Waals surface area contributed by atoms with Crippen LogP contribution in [-0.2, 0) is 11.2 Å². The van der Waals surface area contributed by atoms with Crippen molar-refractivity contribution < 1.29 is 9.90 Å². The maximum Gasteiger partial charge on any atom is 0.303 e. The number of aryl methyl sites for hydroxylation is 1. The number of rotatable bonds is 3. The molecule has 0 saturated heterocycles. The van der Waals surface area contributed by atoms with Gasteiger partial charge in [-0.05, 0) is 15.9 Å². The maximum absolute atomic E-state index is 10.1. The lowest BCUT2D eigenvalue weighted by Gasteiger charge is -1.89. The van der Waals surface area contributed by atoms with Crippen molar-refractivity contribution in [1.29, 1.82) is 0 Å². The van der Waals surface area contributed by atoms with E-state index >= 15 is 0 Å². The second kappa shape index (κ2) is 3.82. The number of aromatic nitrogens is 1. The number of carbonyl (C=O) groups is 1. The molecule has 11 heavy (non-hydrogen) atoms. The number of nitrogens with zero attached hydrogens (tertiary/aromatic N) is 1. The minimum Gasteiger partial charge on any atom is -0.481 e. The molecule has 0 radical (unpaired) electrons. The fourth-order valence-corrected chi connectivity index (χ4v) is 1.71. The third-order valence-corrected chi connectivity index (χ3v) is 2.53. The summed E-state index contributed by atoms with van der Waals surface area (Å²) >= 11 is 4.67. The zero-order valence-corrected chi connectivity index (χ0v) is 7.98. The van der Waals surface area contributed by atoms with Crippen LogP contribution in [0.1, 0.15) is 12.1 Å². The molecule has 0 fully saturated rings. The van der Waals surface area contributed by atoms with Gasteiger partial charge in [0.15, 0.2) is 3.92 Å². The highest BCUT2D eigenvalue weighted by molar-refractivity contribution is 9.11. The molecule has 0 aliphatic carbocycles. The lowest BCUT2D eigenvalue weighted by molar-refractivity contribution is -0.136. The number of aliphatic carboxylic acids is 1.